The third-order valence-corrected chi connectivity index (χ3v) is 5.58. The van der Waals surface area contributed by atoms with Crippen LogP contribution in [0.3, 0.4) is 0 Å². The van der Waals surface area contributed by atoms with Crippen LogP contribution in [0.15, 0.2) is 47.4 Å². The van der Waals surface area contributed by atoms with Crippen LogP contribution in [-0.4, -0.2) is 14.2 Å². The number of hydrogen-bond donors (Lipinski definition) is 1. The van der Waals surface area contributed by atoms with Crippen LogP contribution in [0.25, 0.3) is 0 Å². The third-order valence-electron chi connectivity index (χ3n) is 3.12. The topological polar surface area (TPSA) is 46.2 Å². The molecular formula is C15H15Cl2NO2S. The maximum Gasteiger partial charge on any atom is 0.178 e. The lowest BCUT2D eigenvalue weighted by atomic mass is 10.2. The minimum absolute atomic E-state index is 0.0923. The molecule has 0 amide bonds. The zero-order valence-electron chi connectivity index (χ0n) is 11.4. The average molecular weight is 344 g/mol. The summed E-state index contributed by atoms with van der Waals surface area (Å²) in [4.78, 5) is 0.325. The molecule has 0 fully saturated rings. The summed E-state index contributed by atoms with van der Waals surface area (Å²) >= 11 is 12.2. The number of hydrogen-bond acceptors (Lipinski definition) is 3. The van der Waals surface area contributed by atoms with Crippen LogP contribution in [0, 0.1) is 0 Å². The van der Waals surface area contributed by atoms with Crippen molar-refractivity contribution in [3.8, 4) is 0 Å². The Morgan fingerprint density at radius 3 is 2.10 bits per heavy atom. The summed E-state index contributed by atoms with van der Waals surface area (Å²) in [6.45, 7) is 2.10. The number of nitrogens with one attached hydrogen (secondary N) is 1. The van der Waals surface area contributed by atoms with Gasteiger partial charge in [-0.1, -0.05) is 36.2 Å². The van der Waals surface area contributed by atoms with Crippen LogP contribution in [0.1, 0.15) is 12.5 Å². The van der Waals surface area contributed by atoms with Crippen LogP contribution in [0.2, 0.25) is 10.0 Å². The first-order valence-electron chi connectivity index (χ1n) is 6.43. The van der Waals surface area contributed by atoms with Crippen LogP contribution in [0.5, 0.6) is 0 Å². The minimum Gasteiger partial charge on any atom is -0.381 e. The molecule has 0 atom stereocenters. The molecule has 0 aromatic heterocycles. The van der Waals surface area contributed by atoms with E-state index in [1.54, 1.807) is 49.4 Å². The summed E-state index contributed by atoms with van der Waals surface area (Å²) in [6, 6.07) is 12.0. The average Bonchev–Trinajstić information content (AvgIpc) is 2.47. The zero-order valence-corrected chi connectivity index (χ0v) is 13.8. The van der Waals surface area contributed by atoms with Crippen molar-refractivity contribution in [3.05, 3.63) is 58.1 Å². The lowest BCUT2D eigenvalue weighted by molar-refractivity contribution is 0.597. The van der Waals surface area contributed by atoms with E-state index in [0.717, 1.165) is 11.3 Å². The van der Waals surface area contributed by atoms with Crippen molar-refractivity contribution in [2.75, 3.05) is 11.1 Å². The van der Waals surface area contributed by atoms with E-state index in [9.17, 15) is 8.42 Å². The fourth-order valence-corrected chi connectivity index (χ4v) is 3.25. The van der Waals surface area contributed by atoms with E-state index >= 15 is 0 Å². The van der Waals surface area contributed by atoms with Gasteiger partial charge in [0.2, 0.25) is 0 Å². The van der Waals surface area contributed by atoms with Gasteiger partial charge in [0.1, 0.15) is 0 Å². The van der Waals surface area contributed by atoms with Crippen LogP contribution >= 0.6 is 23.2 Å². The Kier molecular flexibility index (Phi) is 5.14. The Hall–Kier alpha value is -1.23. The minimum atomic E-state index is -3.17. The van der Waals surface area contributed by atoms with Gasteiger partial charge in [-0.3, -0.25) is 0 Å². The predicted octanol–water partition coefficient (Wildman–Crippen LogP) is 4.40. The molecule has 6 heteroatoms. The summed E-state index contributed by atoms with van der Waals surface area (Å²) in [5.41, 5.74) is 1.62. The number of benzene rings is 2. The van der Waals surface area contributed by atoms with Gasteiger partial charge in [-0.2, -0.15) is 0 Å². The van der Waals surface area contributed by atoms with Crippen molar-refractivity contribution in [2.24, 2.45) is 0 Å². The van der Waals surface area contributed by atoms with E-state index in [1.165, 1.54) is 0 Å². The summed E-state index contributed by atoms with van der Waals surface area (Å²) in [7, 11) is -3.17. The number of sulfone groups is 1. The Bertz CT molecular complexity index is 708. The molecule has 112 valence electrons. The van der Waals surface area contributed by atoms with Crippen LogP contribution in [-0.2, 0) is 16.4 Å². The number of rotatable bonds is 5. The number of halogens is 2. The molecule has 0 aliphatic heterocycles. The third kappa shape index (κ3) is 3.90. The molecule has 21 heavy (non-hydrogen) atoms. The largest absolute Gasteiger partial charge is 0.381 e. The maximum atomic E-state index is 11.7. The smallest absolute Gasteiger partial charge is 0.178 e. The standard InChI is InChI=1S/C15H15Cl2NO2S/c1-2-21(19,20)12-8-6-11(7-9-12)18-10-13-14(16)4-3-5-15(13)17/h3-9,18H,2,10H2,1H3. The highest BCUT2D eigenvalue weighted by atomic mass is 35.5. The summed E-state index contributed by atoms with van der Waals surface area (Å²) in [5.74, 6) is 0.0923. The molecule has 0 aliphatic carbocycles. The van der Waals surface area contributed by atoms with Crippen molar-refractivity contribution in [2.45, 2.75) is 18.4 Å². The molecule has 0 heterocycles. The molecule has 2 aromatic carbocycles. The molecule has 2 rings (SSSR count). The van der Waals surface area contributed by atoms with Gasteiger partial charge in [-0.25, -0.2) is 8.42 Å². The maximum absolute atomic E-state index is 11.7. The molecule has 0 radical (unpaired) electrons. The first kappa shape index (κ1) is 16.1. The van der Waals surface area contributed by atoms with Gasteiger partial charge in [0.05, 0.1) is 10.6 Å². The van der Waals surface area contributed by atoms with Gasteiger partial charge in [0.15, 0.2) is 9.84 Å². The molecular weight excluding hydrogens is 329 g/mol. The van der Waals surface area contributed by atoms with Gasteiger partial charge in [0, 0.05) is 27.8 Å². The highest BCUT2D eigenvalue weighted by Gasteiger charge is 2.11. The molecule has 0 aliphatic rings. The first-order chi connectivity index (χ1) is 9.94. The quantitative estimate of drug-likeness (QED) is 0.875. The van der Waals surface area contributed by atoms with Gasteiger partial charge in [-0.05, 0) is 36.4 Å². The fourth-order valence-electron chi connectivity index (χ4n) is 1.84. The molecule has 0 saturated heterocycles. The molecule has 2 aromatic rings. The SMILES string of the molecule is CCS(=O)(=O)c1ccc(NCc2c(Cl)cccc2Cl)cc1. The van der Waals surface area contributed by atoms with Gasteiger partial charge >= 0.3 is 0 Å². The van der Waals surface area contributed by atoms with Gasteiger partial charge in [0.25, 0.3) is 0 Å². The zero-order chi connectivity index (χ0) is 15.5. The van der Waals surface area contributed by atoms with E-state index in [0.29, 0.717) is 21.5 Å². The highest BCUT2D eigenvalue weighted by molar-refractivity contribution is 7.91. The highest BCUT2D eigenvalue weighted by Crippen LogP contribution is 2.25. The molecule has 1 N–H and O–H groups in total. The second kappa shape index (κ2) is 6.69. The van der Waals surface area contributed by atoms with Crippen molar-refractivity contribution in [3.63, 3.8) is 0 Å². The van der Waals surface area contributed by atoms with Gasteiger partial charge in [-0.15, -0.1) is 0 Å². The second-order valence-electron chi connectivity index (χ2n) is 4.48. The molecule has 0 unspecified atom stereocenters. The molecule has 3 nitrogen and oxygen atoms in total. The van der Waals surface area contributed by atoms with Crippen LogP contribution in [0.4, 0.5) is 5.69 Å². The summed E-state index contributed by atoms with van der Waals surface area (Å²) < 4.78 is 23.5. The Morgan fingerprint density at radius 2 is 1.57 bits per heavy atom. The van der Waals surface area contributed by atoms with Crippen molar-refractivity contribution in [1.29, 1.82) is 0 Å². The monoisotopic (exact) mass is 343 g/mol. The van der Waals surface area contributed by atoms with E-state index in [1.807, 2.05) is 0 Å². The van der Waals surface area contributed by atoms with E-state index in [2.05, 4.69) is 5.32 Å². The Morgan fingerprint density at radius 1 is 1.00 bits per heavy atom. The summed E-state index contributed by atoms with van der Waals surface area (Å²) in [5, 5.41) is 4.37. The first-order valence-corrected chi connectivity index (χ1v) is 8.84. The van der Waals surface area contributed by atoms with Crippen molar-refractivity contribution >= 4 is 38.7 Å². The Labute approximate surface area is 134 Å². The van der Waals surface area contributed by atoms with E-state index < -0.39 is 9.84 Å². The van der Waals surface area contributed by atoms with E-state index in [4.69, 9.17) is 23.2 Å². The lowest BCUT2D eigenvalue weighted by Crippen LogP contribution is -2.04. The van der Waals surface area contributed by atoms with Crippen LogP contribution < -0.4 is 5.32 Å². The van der Waals surface area contributed by atoms with Crippen molar-refractivity contribution < 1.29 is 8.42 Å². The lowest BCUT2D eigenvalue weighted by Gasteiger charge is -2.10. The van der Waals surface area contributed by atoms with E-state index in [-0.39, 0.29) is 5.75 Å². The van der Waals surface area contributed by atoms with Gasteiger partial charge < -0.3 is 5.32 Å². The van der Waals surface area contributed by atoms with Crippen molar-refractivity contribution in [1.82, 2.24) is 0 Å². The normalized spacial score (nSPS) is 11.4. The molecule has 0 bridgehead atoms. The number of anilines is 1. The Balaban J connectivity index is 2.12. The molecule has 0 spiro atoms. The molecule has 0 saturated carbocycles. The summed E-state index contributed by atoms with van der Waals surface area (Å²) in [6.07, 6.45) is 0. The second-order valence-corrected chi connectivity index (χ2v) is 7.57. The predicted molar refractivity (Wildman–Crippen MR) is 88.0 cm³/mol. The fraction of sp³-hybridized carbons (Fsp3) is 0.200.